The number of hydrogen-bond donors (Lipinski definition) is 1. The van der Waals surface area contributed by atoms with Crippen LogP contribution in [0.25, 0.3) is 0 Å². The van der Waals surface area contributed by atoms with Crippen molar-refractivity contribution < 1.29 is 18.0 Å². The zero-order chi connectivity index (χ0) is 19.2. The first kappa shape index (κ1) is 20.4. The van der Waals surface area contributed by atoms with Gasteiger partial charge in [-0.05, 0) is 29.8 Å². The summed E-state index contributed by atoms with van der Waals surface area (Å²) in [6, 6.07) is 7.31. The number of pyridine rings is 1. The van der Waals surface area contributed by atoms with Crippen LogP contribution in [0.2, 0.25) is 0 Å². The smallest absolute Gasteiger partial charge is 0.261 e. The van der Waals surface area contributed by atoms with Crippen LogP contribution in [0, 0.1) is 0 Å². The second kappa shape index (κ2) is 7.59. The van der Waals surface area contributed by atoms with Gasteiger partial charge in [-0.3, -0.25) is 19.5 Å². The minimum absolute atomic E-state index is 0. The van der Waals surface area contributed by atoms with Gasteiger partial charge in [0.1, 0.15) is 0 Å². The number of nitrogens with one attached hydrogen (secondary N) is 1. The molecular formula is C18H19ClN4O4S. The minimum Gasteiger partial charge on any atom is -0.313 e. The lowest BCUT2D eigenvalue weighted by Gasteiger charge is -2.35. The first-order valence-corrected chi connectivity index (χ1v) is 9.94. The lowest BCUT2D eigenvalue weighted by Crippen LogP contribution is -2.48. The molecular weight excluding hydrogens is 404 g/mol. The summed E-state index contributed by atoms with van der Waals surface area (Å²) in [4.78, 5) is 29.3. The minimum atomic E-state index is -3.86. The van der Waals surface area contributed by atoms with Crippen LogP contribution in [0.3, 0.4) is 0 Å². The molecule has 1 aromatic heterocycles. The average Bonchev–Trinajstić information content (AvgIpc) is 2.92. The molecule has 0 radical (unpaired) electrons. The molecule has 0 bridgehead atoms. The fraction of sp³-hybridized carbons (Fsp3) is 0.278. The van der Waals surface area contributed by atoms with Crippen molar-refractivity contribution in [2.75, 3.05) is 26.7 Å². The zero-order valence-corrected chi connectivity index (χ0v) is 16.7. The van der Waals surface area contributed by atoms with Crippen LogP contribution in [-0.4, -0.2) is 61.1 Å². The number of hydrogen-bond acceptors (Lipinski definition) is 6. The Hall–Kier alpha value is -2.33. The lowest BCUT2D eigenvalue weighted by atomic mass is 10.1. The van der Waals surface area contributed by atoms with Crippen LogP contribution in [0.1, 0.15) is 32.3 Å². The van der Waals surface area contributed by atoms with Crippen LogP contribution in [0.4, 0.5) is 0 Å². The number of imide groups is 1. The molecule has 0 aliphatic carbocycles. The third-order valence-corrected chi connectivity index (χ3v) is 6.84. The summed E-state index contributed by atoms with van der Waals surface area (Å²) < 4.78 is 28.0. The second-order valence-electron chi connectivity index (χ2n) is 6.50. The third-order valence-electron chi connectivity index (χ3n) is 4.93. The normalized spacial score (nSPS) is 20.0. The number of amides is 2. The molecule has 10 heteroatoms. The van der Waals surface area contributed by atoms with Crippen LogP contribution < -0.4 is 5.32 Å². The molecule has 2 amide bonds. The van der Waals surface area contributed by atoms with E-state index in [-0.39, 0.29) is 28.4 Å². The quantitative estimate of drug-likeness (QED) is 0.742. The molecule has 4 rings (SSSR count). The van der Waals surface area contributed by atoms with Gasteiger partial charge < -0.3 is 5.32 Å². The number of benzene rings is 1. The van der Waals surface area contributed by atoms with E-state index in [1.807, 2.05) is 6.07 Å². The number of carbonyl (C=O) groups is 2. The first-order valence-electron chi connectivity index (χ1n) is 8.50. The van der Waals surface area contributed by atoms with Crippen molar-refractivity contribution in [3.63, 3.8) is 0 Å². The summed E-state index contributed by atoms with van der Waals surface area (Å²) in [7, 11) is -2.47. The maximum Gasteiger partial charge on any atom is 0.261 e. The van der Waals surface area contributed by atoms with E-state index in [0.29, 0.717) is 19.6 Å². The Bertz CT molecular complexity index is 1030. The third kappa shape index (κ3) is 3.20. The van der Waals surface area contributed by atoms with Crippen molar-refractivity contribution in [3.8, 4) is 0 Å². The summed E-state index contributed by atoms with van der Waals surface area (Å²) in [6.45, 7) is 1.29. The summed E-state index contributed by atoms with van der Waals surface area (Å²) in [5.74, 6) is -0.912. The largest absolute Gasteiger partial charge is 0.313 e. The van der Waals surface area contributed by atoms with Gasteiger partial charge >= 0.3 is 0 Å². The standard InChI is InChI=1S/C18H18N4O4S.ClH/c1-21-17(23)14-5-4-13(9-15(14)18(21)24)27(25,26)22-8-7-20-11-16(22)12-3-2-6-19-10-12;/h2-6,9-10,16,20H,7-8,11H2,1H3;1H. The molecule has 1 fully saturated rings. The van der Waals surface area contributed by atoms with Gasteiger partial charge in [-0.1, -0.05) is 6.07 Å². The number of rotatable bonds is 3. The molecule has 0 spiro atoms. The number of carbonyl (C=O) groups excluding carboxylic acids is 2. The first-order chi connectivity index (χ1) is 12.9. The molecule has 1 N–H and O–H groups in total. The highest BCUT2D eigenvalue weighted by Gasteiger charge is 2.38. The molecule has 1 aromatic carbocycles. The maximum absolute atomic E-state index is 13.3. The number of piperazine rings is 1. The van der Waals surface area contributed by atoms with E-state index in [0.717, 1.165) is 10.5 Å². The van der Waals surface area contributed by atoms with Gasteiger partial charge in [0.15, 0.2) is 0 Å². The SMILES string of the molecule is CN1C(=O)c2ccc(S(=O)(=O)N3CCNCC3c3cccnc3)cc2C1=O.Cl. The van der Waals surface area contributed by atoms with Crippen molar-refractivity contribution >= 4 is 34.2 Å². The molecule has 3 heterocycles. The van der Waals surface area contributed by atoms with Gasteiger partial charge in [0.2, 0.25) is 10.0 Å². The Labute approximate surface area is 169 Å². The molecule has 2 aromatic rings. The van der Waals surface area contributed by atoms with E-state index in [2.05, 4.69) is 10.3 Å². The van der Waals surface area contributed by atoms with E-state index in [1.165, 1.54) is 29.6 Å². The summed E-state index contributed by atoms with van der Waals surface area (Å²) in [5, 5.41) is 3.21. The van der Waals surface area contributed by atoms with Crippen LogP contribution in [0.15, 0.2) is 47.6 Å². The molecule has 28 heavy (non-hydrogen) atoms. The van der Waals surface area contributed by atoms with Gasteiger partial charge in [-0.25, -0.2) is 8.42 Å². The second-order valence-corrected chi connectivity index (χ2v) is 8.39. The predicted octanol–water partition coefficient (Wildman–Crippen LogP) is 1.06. The van der Waals surface area contributed by atoms with Crippen molar-refractivity contribution in [3.05, 3.63) is 59.4 Å². The van der Waals surface area contributed by atoms with Gasteiger partial charge in [-0.15, -0.1) is 12.4 Å². The Morgan fingerprint density at radius 2 is 1.89 bits per heavy atom. The summed E-state index contributed by atoms with van der Waals surface area (Å²) in [5.41, 5.74) is 1.14. The number of aromatic nitrogens is 1. The van der Waals surface area contributed by atoms with E-state index < -0.39 is 27.9 Å². The zero-order valence-electron chi connectivity index (χ0n) is 15.0. The fourth-order valence-corrected chi connectivity index (χ4v) is 5.11. The van der Waals surface area contributed by atoms with Crippen LogP contribution >= 0.6 is 12.4 Å². The Balaban J connectivity index is 0.00000225. The molecule has 148 valence electrons. The van der Waals surface area contributed by atoms with Crippen molar-refractivity contribution in [1.82, 2.24) is 19.5 Å². The van der Waals surface area contributed by atoms with Gasteiger partial charge in [0, 0.05) is 39.1 Å². The monoisotopic (exact) mass is 422 g/mol. The van der Waals surface area contributed by atoms with Gasteiger partial charge in [-0.2, -0.15) is 4.31 Å². The molecule has 8 nitrogen and oxygen atoms in total. The number of sulfonamides is 1. The summed E-state index contributed by atoms with van der Waals surface area (Å²) >= 11 is 0. The van der Waals surface area contributed by atoms with Gasteiger partial charge in [0.25, 0.3) is 11.8 Å². The Morgan fingerprint density at radius 3 is 2.61 bits per heavy atom. The molecule has 2 aliphatic heterocycles. The molecule has 1 unspecified atom stereocenters. The van der Waals surface area contributed by atoms with E-state index >= 15 is 0 Å². The highest BCUT2D eigenvalue weighted by atomic mass is 35.5. The summed E-state index contributed by atoms with van der Waals surface area (Å²) in [6.07, 6.45) is 3.29. The molecule has 1 saturated heterocycles. The van der Waals surface area contributed by atoms with E-state index in [4.69, 9.17) is 0 Å². The highest BCUT2D eigenvalue weighted by Crippen LogP contribution is 2.31. The highest BCUT2D eigenvalue weighted by molar-refractivity contribution is 7.89. The van der Waals surface area contributed by atoms with Crippen molar-refractivity contribution in [2.45, 2.75) is 10.9 Å². The molecule has 1 atom stereocenters. The van der Waals surface area contributed by atoms with Crippen molar-refractivity contribution in [2.24, 2.45) is 0 Å². The predicted molar refractivity (Wildman–Crippen MR) is 104 cm³/mol. The van der Waals surface area contributed by atoms with Crippen LogP contribution in [-0.2, 0) is 10.0 Å². The average molecular weight is 423 g/mol. The van der Waals surface area contributed by atoms with Gasteiger partial charge in [0.05, 0.1) is 22.1 Å². The lowest BCUT2D eigenvalue weighted by molar-refractivity contribution is 0.0693. The number of halogens is 1. The topological polar surface area (TPSA) is 99.7 Å². The van der Waals surface area contributed by atoms with E-state index in [1.54, 1.807) is 18.5 Å². The molecule has 0 saturated carbocycles. The van der Waals surface area contributed by atoms with Crippen molar-refractivity contribution in [1.29, 1.82) is 0 Å². The Kier molecular flexibility index (Phi) is 5.53. The van der Waals surface area contributed by atoms with E-state index in [9.17, 15) is 18.0 Å². The van der Waals surface area contributed by atoms with Crippen LogP contribution in [0.5, 0.6) is 0 Å². The fourth-order valence-electron chi connectivity index (χ4n) is 3.47. The Morgan fingerprint density at radius 1 is 1.14 bits per heavy atom. The maximum atomic E-state index is 13.3. The number of fused-ring (bicyclic) bond motifs is 1. The molecule has 2 aliphatic rings. The number of nitrogens with zero attached hydrogens (tertiary/aromatic N) is 3.